The molecule has 31 heavy (non-hydrogen) atoms. The predicted octanol–water partition coefficient (Wildman–Crippen LogP) is 3.78. The third kappa shape index (κ3) is 3.82. The Morgan fingerprint density at radius 2 is 1.87 bits per heavy atom. The third-order valence-electron chi connectivity index (χ3n) is 7.39. The van der Waals surface area contributed by atoms with Gasteiger partial charge in [0.2, 0.25) is 5.91 Å². The van der Waals surface area contributed by atoms with Crippen LogP contribution in [0.25, 0.3) is 0 Å². The molecule has 2 amide bonds. The van der Waals surface area contributed by atoms with Gasteiger partial charge in [-0.05, 0) is 61.3 Å². The van der Waals surface area contributed by atoms with Gasteiger partial charge in [0, 0.05) is 37.2 Å². The van der Waals surface area contributed by atoms with E-state index >= 15 is 0 Å². The van der Waals surface area contributed by atoms with Gasteiger partial charge in [-0.15, -0.1) is 0 Å². The van der Waals surface area contributed by atoms with Gasteiger partial charge in [-0.1, -0.05) is 36.4 Å². The van der Waals surface area contributed by atoms with E-state index < -0.39 is 0 Å². The summed E-state index contributed by atoms with van der Waals surface area (Å²) < 4.78 is 5.32. The number of nitrogens with zero attached hydrogens (tertiary/aromatic N) is 2. The molecule has 0 unspecified atom stereocenters. The van der Waals surface area contributed by atoms with Gasteiger partial charge >= 0.3 is 0 Å². The molecule has 3 aliphatic rings. The van der Waals surface area contributed by atoms with Crippen LogP contribution in [0.1, 0.15) is 41.6 Å². The first-order chi connectivity index (χ1) is 15.1. The van der Waals surface area contributed by atoms with Crippen LogP contribution in [-0.4, -0.2) is 53.9 Å². The molecule has 5 nitrogen and oxygen atoms in total. The van der Waals surface area contributed by atoms with E-state index in [0.29, 0.717) is 42.0 Å². The highest BCUT2D eigenvalue weighted by Crippen LogP contribution is 2.42. The number of carbonyl (C=O) groups excluding carboxylic acids is 2. The normalized spacial score (nSPS) is 27.6. The van der Waals surface area contributed by atoms with Crippen LogP contribution in [0.15, 0.2) is 54.6 Å². The van der Waals surface area contributed by atoms with Crippen LogP contribution in [0.4, 0.5) is 0 Å². The Kier molecular flexibility index (Phi) is 5.43. The fourth-order valence-corrected chi connectivity index (χ4v) is 6.00. The number of rotatable bonds is 4. The van der Waals surface area contributed by atoms with Crippen LogP contribution in [-0.2, 0) is 11.2 Å². The van der Waals surface area contributed by atoms with Crippen LogP contribution in [0.5, 0.6) is 5.75 Å². The van der Waals surface area contributed by atoms with E-state index in [1.807, 2.05) is 35.2 Å². The minimum absolute atomic E-state index is 0.0719. The maximum Gasteiger partial charge on any atom is 0.254 e. The molecule has 3 aliphatic heterocycles. The van der Waals surface area contributed by atoms with Crippen LogP contribution in [0.3, 0.4) is 0 Å². The van der Waals surface area contributed by atoms with Crippen molar-refractivity contribution in [2.45, 2.75) is 44.2 Å². The molecular weight excluding hydrogens is 388 g/mol. The van der Waals surface area contributed by atoms with Crippen LogP contribution in [0.2, 0.25) is 0 Å². The first kappa shape index (κ1) is 20.1. The summed E-state index contributed by atoms with van der Waals surface area (Å²) in [5.74, 6) is 1.76. The van der Waals surface area contributed by atoms with Crippen LogP contribution < -0.4 is 4.74 Å². The zero-order valence-electron chi connectivity index (χ0n) is 18.1. The fourth-order valence-electron chi connectivity index (χ4n) is 6.00. The molecule has 0 saturated carbocycles. The van der Waals surface area contributed by atoms with Gasteiger partial charge in [0.15, 0.2) is 0 Å². The second-order valence-corrected chi connectivity index (χ2v) is 9.22. The Labute approximate surface area is 184 Å². The summed E-state index contributed by atoms with van der Waals surface area (Å²) in [6.07, 6.45) is 4.64. The highest BCUT2D eigenvalue weighted by Gasteiger charge is 2.49. The summed E-state index contributed by atoms with van der Waals surface area (Å²) in [4.78, 5) is 30.6. The average Bonchev–Trinajstić information content (AvgIpc) is 2.82. The highest BCUT2D eigenvalue weighted by molar-refractivity contribution is 5.94. The zero-order valence-corrected chi connectivity index (χ0v) is 18.1. The highest BCUT2D eigenvalue weighted by atomic mass is 16.5. The first-order valence-corrected chi connectivity index (χ1v) is 11.4. The van der Waals surface area contributed by atoms with Gasteiger partial charge in [-0.25, -0.2) is 0 Å². The number of piperidine rings is 3. The molecule has 0 N–H and O–H groups in total. The number of likely N-dealkylation sites (tertiary alicyclic amines) is 1. The summed E-state index contributed by atoms with van der Waals surface area (Å²) in [5.41, 5.74) is 1.94. The van der Waals surface area contributed by atoms with Crippen LogP contribution in [0, 0.1) is 11.8 Å². The van der Waals surface area contributed by atoms with E-state index in [0.717, 1.165) is 32.2 Å². The average molecular weight is 419 g/mol. The minimum atomic E-state index is 0.0719. The number of fused-ring (bicyclic) bond motifs is 4. The zero-order chi connectivity index (χ0) is 21.4. The minimum Gasteiger partial charge on any atom is -0.497 e. The molecule has 5 rings (SSSR count). The molecule has 162 valence electrons. The maximum atomic E-state index is 13.4. The SMILES string of the molecule is COc1cccc(C(=O)N2C[C@H]3C[C@@H](C2)[C@H](Cc2ccccc2)N2C(=O)CCC[C@@H]32)c1. The topological polar surface area (TPSA) is 49.9 Å². The van der Waals surface area contributed by atoms with E-state index in [1.54, 1.807) is 7.11 Å². The Bertz CT molecular complexity index is 960. The standard InChI is InChI=1S/C26H30N2O3/c1-31-22-10-5-9-19(15-22)26(30)27-16-20-14-21(17-27)24(13-18-7-3-2-4-8-18)28-23(20)11-6-12-25(28)29/h2-5,7-10,15,20-21,23-24H,6,11-14,16-17H2,1H3/t20-,21+,23+,24+/m1/s1. The van der Waals surface area contributed by atoms with E-state index in [2.05, 4.69) is 29.2 Å². The monoisotopic (exact) mass is 418 g/mol. The molecule has 3 fully saturated rings. The summed E-state index contributed by atoms with van der Waals surface area (Å²) in [6, 6.07) is 18.3. The molecule has 0 aliphatic carbocycles. The van der Waals surface area contributed by atoms with Crippen molar-refractivity contribution in [2.24, 2.45) is 11.8 Å². The number of amides is 2. The molecule has 2 bridgehead atoms. The lowest BCUT2D eigenvalue weighted by Gasteiger charge is -2.56. The predicted molar refractivity (Wildman–Crippen MR) is 119 cm³/mol. The summed E-state index contributed by atoms with van der Waals surface area (Å²) >= 11 is 0. The second-order valence-electron chi connectivity index (χ2n) is 9.22. The van der Waals surface area contributed by atoms with Crippen molar-refractivity contribution in [1.29, 1.82) is 0 Å². The number of carbonyl (C=O) groups is 2. The van der Waals surface area contributed by atoms with Crippen molar-refractivity contribution < 1.29 is 14.3 Å². The van der Waals surface area contributed by atoms with Gasteiger partial charge < -0.3 is 14.5 Å². The molecular formula is C26H30N2O3. The largest absolute Gasteiger partial charge is 0.497 e. The fraction of sp³-hybridized carbons (Fsp3) is 0.462. The van der Waals surface area contributed by atoms with E-state index in [-0.39, 0.29) is 18.0 Å². The molecule has 0 aromatic heterocycles. The van der Waals surface area contributed by atoms with Crippen molar-refractivity contribution in [2.75, 3.05) is 20.2 Å². The Morgan fingerprint density at radius 1 is 1.06 bits per heavy atom. The lowest BCUT2D eigenvalue weighted by molar-refractivity contribution is -0.151. The Morgan fingerprint density at radius 3 is 2.68 bits per heavy atom. The molecule has 0 radical (unpaired) electrons. The van der Waals surface area contributed by atoms with Gasteiger partial charge in [-0.2, -0.15) is 0 Å². The number of benzene rings is 2. The maximum absolute atomic E-state index is 13.4. The van der Waals surface area contributed by atoms with E-state index in [1.165, 1.54) is 5.56 Å². The molecule has 4 atom stereocenters. The lowest BCUT2D eigenvalue weighted by Crippen LogP contribution is -2.66. The molecule has 3 heterocycles. The molecule has 2 aromatic carbocycles. The van der Waals surface area contributed by atoms with Gasteiger partial charge in [-0.3, -0.25) is 9.59 Å². The number of ether oxygens (including phenoxy) is 1. The van der Waals surface area contributed by atoms with Gasteiger partial charge in [0.05, 0.1) is 7.11 Å². The third-order valence-corrected chi connectivity index (χ3v) is 7.39. The smallest absolute Gasteiger partial charge is 0.254 e. The second kappa shape index (κ2) is 8.37. The Hall–Kier alpha value is -2.82. The van der Waals surface area contributed by atoms with Crippen LogP contribution >= 0.6 is 0 Å². The molecule has 0 spiro atoms. The first-order valence-electron chi connectivity index (χ1n) is 11.4. The number of methoxy groups -OCH3 is 1. The van der Waals surface area contributed by atoms with E-state index in [9.17, 15) is 9.59 Å². The van der Waals surface area contributed by atoms with E-state index in [4.69, 9.17) is 4.74 Å². The number of hydrogen-bond acceptors (Lipinski definition) is 3. The van der Waals surface area contributed by atoms with Gasteiger partial charge in [0.25, 0.3) is 5.91 Å². The van der Waals surface area contributed by atoms with Crippen molar-refractivity contribution in [3.05, 3.63) is 65.7 Å². The number of hydrogen-bond donors (Lipinski definition) is 0. The molecule has 2 aromatic rings. The summed E-state index contributed by atoms with van der Waals surface area (Å²) in [7, 11) is 1.62. The Balaban J connectivity index is 1.43. The lowest BCUT2D eigenvalue weighted by atomic mass is 9.70. The van der Waals surface area contributed by atoms with Crippen molar-refractivity contribution in [3.63, 3.8) is 0 Å². The summed E-state index contributed by atoms with van der Waals surface area (Å²) in [6.45, 7) is 1.44. The molecule has 3 saturated heterocycles. The van der Waals surface area contributed by atoms with Crippen molar-refractivity contribution in [3.8, 4) is 5.75 Å². The molecule has 5 heteroatoms. The van der Waals surface area contributed by atoms with Crippen molar-refractivity contribution in [1.82, 2.24) is 9.80 Å². The van der Waals surface area contributed by atoms with Gasteiger partial charge in [0.1, 0.15) is 5.75 Å². The quantitative estimate of drug-likeness (QED) is 0.759. The van der Waals surface area contributed by atoms with Crippen molar-refractivity contribution >= 4 is 11.8 Å². The summed E-state index contributed by atoms with van der Waals surface area (Å²) in [5, 5.41) is 0.